The number of primary amides is 1. The van der Waals surface area contributed by atoms with Crippen LogP contribution in [-0.2, 0) is 4.79 Å². The fourth-order valence-electron chi connectivity index (χ4n) is 0.663. The molecule has 5 nitrogen and oxygen atoms in total. The van der Waals surface area contributed by atoms with Crippen molar-refractivity contribution in [3.05, 3.63) is 0 Å². The average molecular weight is 162 g/mol. The van der Waals surface area contributed by atoms with Crippen molar-refractivity contribution >= 4 is 5.91 Å². The Bertz CT molecular complexity index is 127. The molecule has 0 fully saturated rings. The van der Waals surface area contributed by atoms with Crippen molar-refractivity contribution in [2.45, 2.75) is 31.6 Å². The van der Waals surface area contributed by atoms with E-state index in [9.17, 15) is 4.79 Å². The lowest BCUT2D eigenvalue weighted by atomic mass is 10.1. The molecule has 0 aromatic rings. The third-order valence-corrected chi connectivity index (χ3v) is 1.34. The van der Waals surface area contributed by atoms with Crippen LogP contribution >= 0.6 is 0 Å². The summed E-state index contributed by atoms with van der Waals surface area (Å²) < 4.78 is 0. The van der Waals surface area contributed by atoms with Crippen molar-refractivity contribution < 1.29 is 15.0 Å². The lowest BCUT2D eigenvalue weighted by Crippen LogP contribution is -2.36. The van der Waals surface area contributed by atoms with Crippen LogP contribution in [0.2, 0.25) is 0 Å². The highest BCUT2D eigenvalue weighted by Gasteiger charge is 2.08. The minimum Gasteiger partial charge on any atom is -0.368 e. The SMILES string of the molecule is NC(=O)[C@@H](N)CCCC(O)O. The maximum atomic E-state index is 10.3. The summed E-state index contributed by atoms with van der Waals surface area (Å²) in [7, 11) is 0. The molecule has 0 saturated carbocycles. The predicted octanol–water partition coefficient (Wildman–Crippen LogP) is -1.72. The first-order chi connectivity index (χ1) is 5.04. The van der Waals surface area contributed by atoms with Gasteiger partial charge < -0.3 is 21.7 Å². The number of aliphatic hydroxyl groups excluding tert-OH is 1. The van der Waals surface area contributed by atoms with Gasteiger partial charge in [-0.2, -0.15) is 0 Å². The van der Waals surface area contributed by atoms with E-state index in [0.29, 0.717) is 12.8 Å². The van der Waals surface area contributed by atoms with Gasteiger partial charge in [0.25, 0.3) is 0 Å². The molecule has 0 rings (SSSR count). The van der Waals surface area contributed by atoms with E-state index in [1.54, 1.807) is 0 Å². The van der Waals surface area contributed by atoms with E-state index in [-0.39, 0.29) is 6.42 Å². The van der Waals surface area contributed by atoms with Gasteiger partial charge in [-0.3, -0.25) is 4.79 Å². The molecule has 0 unspecified atom stereocenters. The molecule has 6 N–H and O–H groups in total. The molecule has 1 amide bonds. The molecule has 0 aromatic heterocycles. The van der Waals surface area contributed by atoms with Gasteiger partial charge in [0, 0.05) is 0 Å². The van der Waals surface area contributed by atoms with Gasteiger partial charge in [0.15, 0.2) is 6.29 Å². The number of carbonyl (C=O) groups excluding carboxylic acids is 1. The molecule has 5 heteroatoms. The Morgan fingerprint density at radius 2 is 1.91 bits per heavy atom. The Kier molecular flexibility index (Phi) is 4.76. The predicted molar refractivity (Wildman–Crippen MR) is 39.2 cm³/mol. The lowest BCUT2D eigenvalue weighted by Gasteiger charge is -2.06. The maximum Gasteiger partial charge on any atom is 0.234 e. The van der Waals surface area contributed by atoms with Crippen LogP contribution in [0.4, 0.5) is 0 Å². The summed E-state index contributed by atoms with van der Waals surface area (Å²) in [5, 5.41) is 16.8. The van der Waals surface area contributed by atoms with Gasteiger partial charge in [-0.1, -0.05) is 0 Å². The lowest BCUT2D eigenvalue weighted by molar-refractivity contribution is -0.119. The number of hydrogen-bond acceptors (Lipinski definition) is 4. The summed E-state index contributed by atoms with van der Waals surface area (Å²) in [5.74, 6) is -0.558. The molecular weight excluding hydrogens is 148 g/mol. The number of carbonyl (C=O) groups is 1. The molecule has 0 bridgehead atoms. The highest BCUT2D eigenvalue weighted by atomic mass is 16.5. The zero-order valence-electron chi connectivity index (χ0n) is 6.23. The number of nitrogens with two attached hydrogens (primary N) is 2. The second kappa shape index (κ2) is 5.06. The molecule has 66 valence electrons. The minimum absolute atomic E-state index is 0.223. The van der Waals surface area contributed by atoms with E-state index < -0.39 is 18.2 Å². The molecule has 11 heavy (non-hydrogen) atoms. The highest BCUT2D eigenvalue weighted by Crippen LogP contribution is 2.00. The van der Waals surface area contributed by atoms with E-state index in [4.69, 9.17) is 21.7 Å². The summed E-state index contributed by atoms with van der Waals surface area (Å²) in [6, 6.07) is -0.672. The van der Waals surface area contributed by atoms with Crippen LogP contribution in [0.5, 0.6) is 0 Å². The fourth-order valence-corrected chi connectivity index (χ4v) is 0.663. The summed E-state index contributed by atoms with van der Waals surface area (Å²) in [6.45, 7) is 0. The van der Waals surface area contributed by atoms with Gasteiger partial charge in [0.2, 0.25) is 5.91 Å². The molecule has 0 spiro atoms. The molecule has 0 heterocycles. The van der Waals surface area contributed by atoms with Crippen LogP contribution < -0.4 is 11.5 Å². The zero-order valence-corrected chi connectivity index (χ0v) is 6.23. The Labute approximate surface area is 65.0 Å². The first-order valence-electron chi connectivity index (χ1n) is 3.45. The maximum absolute atomic E-state index is 10.3. The van der Waals surface area contributed by atoms with Crippen LogP contribution in [0.15, 0.2) is 0 Å². The number of rotatable bonds is 5. The first kappa shape index (κ1) is 10.3. The number of amides is 1. The standard InChI is InChI=1S/C6H14N2O3/c7-4(6(8)11)2-1-3-5(9)10/h4-5,9-10H,1-3,7H2,(H2,8,11)/t4-/m0/s1. The van der Waals surface area contributed by atoms with Crippen LogP contribution in [-0.4, -0.2) is 28.5 Å². The molecule has 0 aliphatic rings. The Hall–Kier alpha value is -0.650. The van der Waals surface area contributed by atoms with E-state index in [1.807, 2.05) is 0 Å². The first-order valence-corrected chi connectivity index (χ1v) is 3.45. The Morgan fingerprint density at radius 3 is 2.27 bits per heavy atom. The zero-order chi connectivity index (χ0) is 8.85. The van der Waals surface area contributed by atoms with Gasteiger partial charge >= 0.3 is 0 Å². The smallest absolute Gasteiger partial charge is 0.234 e. The quantitative estimate of drug-likeness (QED) is 0.360. The second-order valence-electron chi connectivity index (χ2n) is 2.42. The number of aliphatic hydroxyl groups is 2. The van der Waals surface area contributed by atoms with E-state index in [1.165, 1.54) is 0 Å². The van der Waals surface area contributed by atoms with Crippen molar-refractivity contribution in [3.63, 3.8) is 0 Å². The fraction of sp³-hybridized carbons (Fsp3) is 0.833. The molecule has 0 saturated heterocycles. The van der Waals surface area contributed by atoms with Gasteiger partial charge in [-0.15, -0.1) is 0 Å². The average Bonchev–Trinajstić information content (AvgIpc) is 1.86. The summed E-state index contributed by atoms with van der Waals surface area (Å²) in [4.78, 5) is 10.3. The molecular formula is C6H14N2O3. The third-order valence-electron chi connectivity index (χ3n) is 1.34. The minimum atomic E-state index is -1.32. The van der Waals surface area contributed by atoms with Crippen molar-refractivity contribution in [1.29, 1.82) is 0 Å². The van der Waals surface area contributed by atoms with Crippen LogP contribution in [0.1, 0.15) is 19.3 Å². The normalized spacial score (nSPS) is 13.5. The van der Waals surface area contributed by atoms with Gasteiger partial charge in [-0.25, -0.2) is 0 Å². The monoisotopic (exact) mass is 162 g/mol. The molecule has 1 atom stereocenters. The summed E-state index contributed by atoms with van der Waals surface area (Å²) in [6.07, 6.45) is -0.217. The summed E-state index contributed by atoms with van der Waals surface area (Å²) >= 11 is 0. The van der Waals surface area contributed by atoms with E-state index in [2.05, 4.69) is 0 Å². The van der Waals surface area contributed by atoms with Crippen LogP contribution in [0.3, 0.4) is 0 Å². The van der Waals surface area contributed by atoms with Crippen molar-refractivity contribution in [1.82, 2.24) is 0 Å². The largest absolute Gasteiger partial charge is 0.368 e. The van der Waals surface area contributed by atoms with Crippen LogP contribution in [0, 0.1) is 0 Å². The molecule has 0 aliphatic heterocycles. The van der Waals surface area contributed by atoms with E-state index in [0.717, 1.165) is 0 Å². The van der Waals surface area contributed by atoms with Gasteiger partial charge in [-0.05, 0) is 19.3 Å². The van der Waals surface area contributed by atoms with Crippen LogP contribution in [0.25, 0.3) is 0 Å². The van der Waals surface area contributed by atoms with E-state index >= 15 is 0 Å². The number of hydrogen-bond donors (Lipinski definition) is 4. The molecule has 0 radical (unpaired) electrons. The van der Waals surface area contributed by atoms with Crippen molar-refractivity contribution in [3.8, 4) is 0 Å². The topological polar surface area (TPSA) is 110 Å². The third kappa shape index (κ3) is 5.78. The van der Waals surface area contributed by atoms with Gasteiger partial charge in [0.05, 0.1) is 6.04 Å². The van der Waals surface area contributed by atoms with Crippen molar-refractivity contribution in [2.75, 3.05) is 0 Å². The van der Waals surface area contributed by atoms with Gasteiger partial charge in [0.1, 0.15) is 0 Å². The van der Waals surface area contributed by atoms with Crippen molar-refractivity contribution in [2.24, 2.45) is 11.5 Å². The second-order valence-corrected chi connectivity index (χ2v) is 2.42. The Balaban J connectivity index is 3.31. The Morgan fingerprint density at radius 1 is 1.36 bits per heavy atom. The molecule has 0 aliphatic carbocycles. The molecule has 0 aromatic carbocycles. The summed E-state index contributed by atoms with van der Waals surface area (Å²) in [5.41, 5.74) is 10.1. The highest BCUT2D eigenvalue weighted by molar-refractivity contribution is 5.79.